The molecule has 0 N–H and O–H groups in total. The van der Waals surface area contributed by atoms with Crippen LogP contribution in [0.1, 0.15) is 29.5 Å². The smallest absolute Gasteiger partial charge is 0.232 e. The molecule has 0 atom stereocenters. The molecule has 31 heavy (non-hydrogen) atoms. The van der Waals surface area contributed by atoms with Crippen LogP contribution >= 0.6 is 11.3 Å². The summed E-state index contributed by atoms with van der Waals surface area (Å²) in [4.78, 5) is 4.85. The fourth-order valence-corrected chi connectivity index (χ4v) is 4.43. The molecule has 0 aliphatic carbocycles. The molecule has 2 heterocycles. The highest BCUT2D eigenvalue weighted by molar-refractivity contribution is 7.14. The lowest BCUT2D eigenvalue weighted by Crippen LogP contribution is -2.05. The summed E-state index contributed by atoms with van der Waals surface area (Å²) in [6, 6.07) is 11.8. The minimum atomic E-state index is 0.641. The first-order chi connectivity index (χ1) is 15.0. The van der Waals surface area contributed by atoms with Gasteiger partial charge in [-0.2, -0.15) is 0 Å². The van der Waals surface area contributed by atoms with Gasteiger partial charge in [0.05, 0.1) is 19.6 Å². The Morgan fingerprint density at radius 2 is 1.81 bits per heavy atom. The van der Waals surface area contributed by atoms with Gasteiger partial charge in [0.1, 0.15) is 16.4 Å². The molecule has 0 radical (unpaired) electrons. The lowest BCUT2D eigenvalue weighted by molar-refractivity contribution is 0.355. The normalized spacial score (nSPS) is 11.8. The SMILES string of the molecule is CCCc1nnc(/N=c2\cc(-c3ccc(OC)c(OC)c3)oc3cc(C)cc(C)c23)s1. The van der Waals surface area contributed by atoms with Crippen molar-refractivity contribution < 1.29 is 13.9 Å². The van der Waals surface area contributed by atoms with Gasteiger partial charge in [0.2, 0.25) is 5.13 Å². The molecule has 0 unspecified atom stereocenters. The number of rotatable bonds is 6. The monoisotopic (exact) mass is 435 g/mol. The number of ether oxygens (including phenoxy) is 2. The molecule has 0 aliphatic rings. The third-order valence-corrected chi connectivity index (χ3v) is 5.87. The van der Waals surface area contributed by atoms with Crippen molar-refractivity contribution in [3.8, 4) is 22.8 Å². The number of hydrogen-bond donors (Lipinski definition) is 0. The van der Waals surface area contributed by atoms with E-state index in [0.717, 1.165) is 50.9 Å². The van der Waals surface area contributed by atoms with Crippen molar-refractivity contribution >= 4 is 27.4 Å². The van der Waals surface area contributed by atoms with Gasteiger partial charge in [-0.3, -0.25) is 0 Å². The van der Waals surface area contributed by atoms with Crippen LogP contribution in [-0.4, -0.2) is 24.4 Å². The second-order valence-electron chi connectivity index (χ2n) is 7.36. The summed E-state index contributed by atoms with van der Waals surface area (Å²) in [7, 11) is 3.24. The van der Waals surface area contributed by atoms with Crippen molar-refractivity contribution in [1.82, 2.24) is 10.2 Å². The number of nitrogens with zero attached hydrogens (tertiary/aromatic N) is 3. The molecule has 0 spiro atoms. The van der Waals surface area contributed by atoms with Gasteiger partial charge in [-0.05, 0) is 55.7 Å². The Morgan fingerprint density at radius 1 is 1.00 bits per heavy atom. The van der Waals surface area contributed by atoms with E-state index >= 15 is 0 Å². The highest BCUT2D eigenvalue weighted by Gasteiger charge is 2.13. The first-order valence-electron chi connectivity index (χ1n) is 10.2. The van der Waals surface area contributed by atoms with E-state index in [1.165, 1.54) is 11.3 Å². The van der Waals surface area contributed by atoms with Gasteiger partial charge in [-0.15, -0.1) is 10.2 Å². The number of aryl methyl sites for hydroxylation is 3. The molecular formula is C24H25N3O3S. The first-order valence-corrected chi connectivity index (χ1v) is 11.0. The van der Waals surface area contributed by atoms with E-state index in [-0.39, 0.29) is 0 Å². The topological polar surface area (TPSA) is 69.7 Å². The first kappa shape index (κ1) is 21.1. The van der Waals surface area contributed by atoms with E-state index in [9.17, 15) is 0 Å². The van der Waals surface area contributed by atoms with Crippen LogP contribution in [-0.2, 0) is 6.42 Å². The van der Waals surface area contributed by atoms with Gasteiger partial charge >= 0.3 is 0 Å². The molecule has 2 aromatic carbocycles. The number of methoxy groups -OCH3 is 2. The average Bonchev–Trinajstić information content (AvgIpc) is 3.19. The number of aromatic nitrogens is 2. The Kier molecular flexibility index (Phi) is 6.04. The average molecular weight is 436 g/mol. The molecule has 7 heteroatoms. The molecule has 2 aromatic heterocycles. The molecule has 0 aliphatic heterocycles. The second kappa shape index (κ2) is 8.89. The van der Waals surface area contributed by atoms with Gasteiger partial charge in [-0.1, -0.05) is 24.3 Å². The molecule has 0 saturated heterocycles. The molecular weight excluding hydrogens is 410 g/mol. The van der Waals surface area contributed by atoms with Gasteiger partial charge < -0.3 is 13.9 Å². The molecule has 6 nitrogen and oxygen atoms in total. The van der Waals surface area contributed by atoms with E-state index in [2.05, 4.69) is 37.0 Å². The van der Waals surface area contributed by atoms with Crippen LogP contribution in [0.3, 0.4) is 0 Å². The maximum atomic E-state index is 6.32. The number of fused-ring (bicyclic) bond motifs is 1. The molecule has 0 fully saturated rings. The predicted molar refractivity (Wildman–Crippen MR) is 123 cm³/mol. The Balaban J connectivity index is 1.95. The summed E-state index contributed by atoms with van der Waals surface area (Å²) in [5.74, 6) is 2.00. The highest BCUT2D eigenvalue weighted by atomic mass is 32.1. The zero-order valence-electron chi connectivity index (χ0n) is 18.4. The van der Waals surface area contributed by atoms with Crippen LogP contribution in [0.4, 0.5) is 5.13 Å². The molecule has 0 bridgehead atoms. The van der Waals surface area contributed by atoms with Crippen LogP contribution in [0.5, 0.6) is 11.5 Å². The van der Waals surface area contributed by atoms with Gasteiger partial charge in [-0.25, -0.2) is 4.99 Å². The summed E-state index contributed by atoms with van der Waals surface area (Å²) in [5.41, 5.74) is 3.89. The summed E-state index contributed by atoms with van der Waals surface area (Å²) in [6.45, 7) is 6.26. The minimum absolute atomic E-state index is 0.641. The van der Waals surface area contributed by atoms with E-state index in [1.54, 1.807) is 14.2 Å². The Labute approximate surface area is 185 Å². The predicted octanol–water partition coefficient (Wildman–Crippen LogP) is 5.77. The highest BCUT2D eigenvalue weighted by Crippen LogP contribution is 2.33. The Morgan fingerprint density at radius 3 is 2.55 bits per heavy atom. The van der Waals surface area contributed by atoms with Crippen molar-refractivity contribution in [1.29, 1.82) is 0 Å². The van der Waals surface area contributed by atoms with Crippen LogP contribution < -0.4 is 14.8 Å². The zero-order chi connectivity index (χ0) is 22.0. The number of benzene rings is 2. The van der Waals surface area contributed by atoms with Crippen LogP contribution in [0.15, 0.2) is 45.8 Å². The van der Waals surface area contributed by atoms with Crippen molar-refractivity contribution in [3.05, 3.63) is 57.9 Å². The maximum Gasteiger partial charge on any atom is 0.232 e. The van der Waals surface area contributed by atoms with Crippen molar-refractivity contribution in [2.24, 2.45) is 4.99 Å². The van der Waals surface area contributed by atoms with Crippen LogP contribution in [0.2, 0.25) is 0 Å². The Bertz CT molecular complexity index is 1310. The third kappa shape index (κ3) is 4.32. The second-order valence-corrected chi connectivity index (χ2v) is 8.40. The van der Waals surface area contributed by atoms with E-state index in [4.69, 9.17) is 18.9 Å². The fourth-order valence-electron chi connectivity index (χ4n) is 3.61. The van der Waals surface area contributed by atoms with Crippen LogP contribution in [0.25, 0.3) is 22.3 Å². The van der Waals surface area contributed by atoms with Crippen LogP contribution in [0, 0.1) is 13.8 Å². The van der Waals surface area contributed by atoms with Crippen molar-refractivity contribution in [3.63, 3.8) is 0 Å². The third-order valence-electron chi connectivity index (χ3n) is 4.99. The maximum absolute atomic E-state index is 6.32. The minimum Gasteiger partial charge on any atom is -0.493 e. The largest absolute Gasteiger partial charge is 0.493 e. The van der Waals surface area contributed by atoms with Crippen molar-refractivity contribution in [2.45, 2.75) is 33.6 Å². The van der Waals surface area contributed by atoms with Gasteiger partial charge in [0.15, 0.2) is 11.5 Å². The van der Waals surface area contributed by atoms with Gasteiger partial charge in [0, 0.05) is 23.4 Å². The molecule has 0 amide bonds. The summed E-state index contributed by atoms with van der Waals surface area (Å²) >= 11 is 1.53. The molecule has 0 saturated carbocycles. The fraction of sp³-hybridized carbons (Fsp3) is 0.292. The van der Waals surface area contributed by atoms with E-state index in [1.807, 2.05) is 30.3 Å². The van der Waals surface area contributed by atoms with Crippen molar-refractivity contribution in [2.75, 3.05) is 14.2 Å². The lowest BCUT2D eigenvalue weighted by atomic mass is 10.0. The lowest BCUT2D eigenvalue weighted by Gasteiger charge is -2.11. The quantitative estimate of drug-likeness (QED) is 0.384. The Hall–Kier alpha value is -3.19. The summed E-state index contributed by atoms with van der Waals surface area (Å²) in [5, 5.41) is 12.0. The molecule has 160 valence electrons. The van der Waals surface area contributed by atoms with Gasteiger partial charge in [0.25, 0.3) is 0 Å². The summed E-state index contributed by atoms with van der Waals surface area (Å²) < 4.78 is 17.2. The van der Waals surface area contributed by atoms with E-state index in [0.29, 0.717) is 22.4 Å². The molecule has 4 aromatic rings. The zero-order valence-corrected chi connectivity index (χ0v) is 19.2. The van der Waals surface area contributed by atoms with E-state index < -0.39 is 0 Å². The molecule has 4 rings (SSSR count). The number of hydrogen-bond acceptors (Lipinski definition) is 7. The summed E-state index contributed by atoms with van der Waals surface area (Å²) in [6.07, 6.45) is 1.94. The standard InChI is InChI=1S/C24H25N3O3S/c1-6-7-22-26-27-24(31-22)25-17-13-19(16-8-9-18(28-4)20(12-16)29-5)30-21-11-14(2)10-15(3)23(17)21/h8-13H,6-7H2,1-5H3/b25-17+.